The summed E-state index contributed by atoms with van der Waals surface area (Å²) in [6, 6.07) is 31.8. The van der Waals surface area contributed by atoms with Crippen LogP contribution in [0.1, 0.15) is 47.6 Å². The highest BCUT2D eigenvalue weighted by Crippen LogP contribution is 2.55. The van der Waals surface area contributed by atoms with E-state index in [1.54, 1.807) is 0 Å². The Morgan fingerprint density at radius 3 is 1.87 bits per heavy atom. The van der Waals surface area contributed by atoms with Gasteiger partial charge in [-0.05, 0) is 58.4 Å². The summed E-state index contributed by atoms with van der Waals surface area (Å²) in [7, 11) is 0. The van der Waals surface area contributed by atoms with Crippen molar-refractivity contribution in [2.75, 3.05) is 11.4 Å². The maximum absolute atomic E-state index is 4.83. The monoisotopic (exact) mass is 496 g/mol. The molecule has 0 bridgehead atoms. The summed E-state index contributed by atoms with van der Waals surface area (Å²) in [6.45, 7) is 14.7. The van der Waals surface area contributed by atoms with Gasteiger partial charge in [0, 0.05) is 29.4 Å². The number of nitrogens with zero attached hydrogens (tertiary/aromatic N) is 2. The van der Waals surface area contributed by atoms with Gasteiger partial charge in [0.05, 0.1) is 12.1 Å². The number of benzene rings is 4. The molecule has 0 aliphatic carbocycles. The molecule has 190 valence electrons. The molecule has 2 aliphatic rings. The van der Waals surface area contributed by atoms with E-state index >= 15 is 0 Å². The first-order chi connectivity index (χ1) is 18.3. The number of aryl methyl sites for hydroxylation is 4. The van der Waals surface area contributed by atoms with Gasteiger partial charge >= 0.3 is 0 Å². The zero-order valence-corrected chi connectivity index (χ0v) is 23.5. The van der Waals surface area contributed by atoms with Crippen molar-refractivity contribution in [3.8, 4) is 0 Å². The van der Waals surface area contributed by atoms with Gasteiger partial charge < -0.3 is 4.90 Å². The Kier molecular flexibility index (Phi) is 6.06. The van der Waals surface area contributed by atoms with Crippen LogP contribution in [-0.4, -0.2) is 25.0 Å². The largest absolute Gasteiger partial charge is 0.333 e. The molecule has 0 fully saturated rings. The topological polar surface area (TPSA) is 15.6 Å². The maximum atomic E-state index is 4.83. The van der Waals surface area contributed by atoms with Crippen LogP contribution in [0.4, 0.5) is 11.4 Å². The number of fused-ring (bicyclic) bond motifs is 3. The second-order valence-corrected chi connectivity index (χ2v) is 11.7. The van der Waals surface area contributed by atoms with E-state index in [9.17, 15) is 0 Å². The van der Waals surface area contributed by atoms with Crippen molar-refractivity contribution in [1.82, 2.24) is 0 Å². The van der Waals surface area contributed by atoms with Crippen LogP contribution >= 0.6 is 0 Å². The summed E-state index contributed by atoms with van der Waals surface area (Å²) >= 11 is 0. The molecule has 2 nitrogen and oxygen atoms in total. The van der Waals surface area contributed by atoms with Crippen LogP contribution < -0.4 is 21.3 Å². The lowest BCUT2D eigenvalue weighted by atomic mass is 9.34. The normalized spacial score (nSPS) is 21.8. The summed E-state index contributed by atoms with van der Waals surface area (Å²) in [5, 5.41) is 0. The van der Waals surface area contributed by atoms with Gasteiger partial charge in [-0.1, -0.05) is 112 Å². The Morgan fingerprint density at radius 2 is 1.29 bits per heavy atom. The third kappa shape index (κ3) is 3.75. The van der Waals surface area contributed by atoms with Crippen molar-refractivity contribution >= 4 is 40.7 Å². The minimum Gasteiger partial charge on any atom is -0.333 e. The third-order valence-electron chi connectivity index (χ3n) is 9.12. The maximum Gasteiger partial charge on any atom is 0.242 e. The molecule has 38 heavy (non-hydrogen) atoms. The van der Waals surface area contributed by atoms with Crippen molar-refractivity contribution in [3.05, 3.63) is 113 Å². The van der Waals surface area contributed by atoms with E-state index < -0.39 is 0 Å². The van der Waals surface area contributed by atoms with Gasteiger partial charge in [0.15, 0.2) is 0 Å². The highest BCUT2D eigenvalue weighted by atomic mass is 15.3. The first kappa shape index (κ1) is 24.7. The lowest BCUT2D eigenvalue weighted by Crippen LogP contribution is -2.55. The molecule has 2 aliphatic heterocycles. The van der Waals surface area contributed by atoms with Crippen LogP contribution in [0.5, 0.6) is 0 Å². The number of hydrogen-bond acceptors (Lipinski definition) is 2. The summed E-state index contributed by atoms with van der Waals surface area (Å²) < 4.78 is 0. The number of aliphatic imine (C=N–C) groups is 1. The summed E-state index contributed by atoms with van der Waals surface area (Å²) in [4.78, 5) is 7.39. The lowest BCUT2D eigenvalue weighted by Gasteiger charge is -2.43. The number of anilines is 2. The predicted molar refractivity (Wildman–Crippen MR) is 165 cm³/mol. The zero-order valence-electron chi connectivity index (χ0n) is 23.5. The molecule has 0 amide bonds. The van der Waals surface area contributed by atoms with Crippen molar-refractivity contribution in [3.63, 3.8) is 0 Å². The number of hydrogen-bond donors (Lipinski definition) is 0. The van der Waals surface area contributed by atoms with Crippen LogP contribution in [-0.2, 0) is 0 Å². The van der Waals surface area contributed by atoms with Crippen molar-refractivity contribution < 1.29 is 0 Å². The molecule has 0 saturated heterocycles. The molecule has 0 radical (unpaired) electrons. The van der Waals surface area contributed by atoms with E-state index in [0.29, 0.717) is 11.8 Å². The third-order valence-corrected chi connectivity index (χ3v) is 9.12. The van der Waals surface area contributed by atoms with Crippen molar-refractivity contribution in [2.45, 2.75) is 53.0 Å². The van der Waals surface area contributed by atoms with Gasteiger partial charge in [0.25, 0.3) is 0 Å². The molecule has 0 spiro atoms. The first-order valence-electron chi connectivity index (χ1n) is 13.9. The van der Waals surface area contributed by atoms with Gasteiger partial charge in [0.1, 0.15) is 0 Å². The SMILES string of the molecule is Cc1cccc(C)c1B(c1ccc(N2c3ccccc3C3C(C)C=NCC32C)cc1)c1c(C)cccc1C. The molecule has 3 unspecified atom stereocenters. The summed E-state index contributed by atoms with van der Waals surface area (Å²) in [6.07, 6.45) is 2.16. The Bertz CT molecular complexity index is 1440. The smallest absolute Gasteiger partial charge is 0.242 e. The quantitative estimate of drug-likeness (QED) is 0.310. The predicted octanol–water partition coefficient (Wildman–Crippen LogP) is 6.15. The minimum absolute atomic E-state index is 0.0714. The van der Waals surface area contributed by atoms with Crippen LogP contribution in [0.25, 0.3) is 0 Å². The molecule has 0 saturated carbocycles. The minimum atomic E-state index is -0.0714. The van der Waals surface area contributed by atoms with Gasteiger partial charge in [-0.2, -0.15) is 0 Å². The standard InChI is InChI=1S/C35H37BN2/c1-23-11-9-12-24(2)33(23)36(34-25(3)13-10-14-26(34)4)28-17-19-29(20-18-28)38-31-16-8-7-15-30(31)32-27(5)21-37-22-35(32,38)6/h7-21,27,32H,22H2,1-6H3. The zero-order chi connectivity index (χ0) is 26.6. The van der Waals surface area contributed by atoms with E-state index in [1.165, 1.54) is 55.6 Å². The van der Waals surface area contributed by atoms with Crippen molar-refractivity contribution in [2.24, 2.45) is 10.9 Å². The van der Waals surface area contributed by atoms with E-state index in [-0.39, 0.29) is 12.3 Å². The van der Waals surface area contributed by atoms with Crippen LogP contribution in [0.3, 0.4) is 0 Å². The van der Waals surface area contributed by atoms with Gasteiger partial charge in [-0.3, -0.25) is 4.99 Å². The van der Waals surface area contributed by atoms with Gasteiger partial charge in [-0.15, -0.1) is 0 Å². The lowest BCUT2D eigenvalue weighted by molar-refractivity contribution is 0.352. The molecular formula is C35H37BN2. The Morgan fingerprint density at radius 1 is 0.737 bits per heavy atom. The molecule has 4 aromatic rings. The molecule has 0 N–H and O–H groups in total. The van der Waals surface area contributed by atoms with Crippen LogP contribution in [0.2, 0.25) is 0 Å². The fourth-order valence-electron chi connectivity index (χ4n) is 7.50. The van der Waals surface area contributed by atoms with Gasteiger partial charge in [-0.25, -0.2) is 0 Å². The highest BCUT2D eigenvalue weighted by molar-refractivity contribution is 6.96. The second kappa shape index (κ2) is 9.31. The van der Waals surface area contributed by atoms with Crippen LogP contribution in [0, 0.1) is 33.6 Å². The molecule has 4 aromatic carbocycles. The summed E-state index contributed by atoms with van der Waals surface area (Å²) in [5.74, 6) is 0.851. The molecule has 3 atom stereocenters. The number of rotatable bonds is 4. The van der Waals surface area contributed by atoms with Gasteiger partial charge in [0.2, 0.25) is 6.71 Å². The van der Waals surface area contributed by atoms with Crippen LogP contribution in [0.15, 0.2) is 89.9 Å². The Labute approximate surface area is 228 Å². The van der Waals surface area contributed by atoms with E-state index in [1.807, 2.05) is 0 Å². The molecule has 2 heterocycles. The van der Waals surface area contributed by atoms with E-state index in [0.717, 1.165) is 6.54 Å². The number of para-hydroxylation sites is 1. The highest BCUT2D eigenvalue weighted by Gasteiger charge is 2.51. The van der Waals surface area contributed by atoms with E-state index in [4.69, 9.17) is 4.99 Å². The summed E-state index contributed by atoms with van der Waals surface area (Å²) in [5.41, 5.74) is 13.5. The molecule has 3 heteroatoms. The average Bonchev–Trinajstić information content (AvgIpc) is 3.17. The Balaban J connectivity index is 1.49. The second-order valence-electron chi connectivity index (χ2n) is 11.7. The molecule has 6 rings (SSSR count). The van der Waals surface area contributed by atoms with E-state index in [2.05, 4.69) is 138 Å². The Hall–Kier alpha value is -3.59. The fourth-order valence-corrected chi connectivity index (χ4v) is 7.50. The molecule has 0 aromatic heterocycles. The average molecular weight is 497 g/mol. The fraction of sp³-hybridized carbons (Fsp3) is 0.286. The first-order valence-corrected chi connectivity index (χ1v) is 13.9. The molecular weight excluding hydrogens is 459 g/mol. The van der Waals surface area contributed by atoms with Crippen molar-refractivity contribution in [1.29, 1.82) is 0 Å².